The zero-order valence-electron chi connectivity index (χ0n) is 12.0. The molecule has 1 saturated carbocycles. The van der Waals surface area contributed by atoms with Crippen LogP contribution in [0.3, 0.4) is 0 Å². The van der Waals surface area contributed by atoms with Gasteiger partial charge in [0.05, 0.1) is 0 Å². The topological polar surface area (TPSA) is 63.4 Å². The second-order valence-electron chi connectivity index (χ2n) is 5.40. The van der Waals surface area contributed by atoms with Gasteiger partial charge < -0.3 is 5.73 Å². The molecule has 1 fully saturated rings. The SMILES string of the molecule is CCCN(CC1CC1)S(=O)(=O)c1cc(CN)cc(F)c1F. The number of benzene rings is 1. The van der Waals surface area contributed by atoms with Crippen molar-refractivity contribution in [2.24, 2.45) is 11.7 Å². The van der Waals surface area contributed by atoms with Crippen molar-refractivity contribution in [2.75, 3.05) is 13.1 Å². The van der Waals surface area contributed by atoms with Crippen LogP contribution in [-0.2, 0) is 16.6 Å². The average molecular weight is 318 g/mol. The first kappa shape index (κ1) is 16.3. The van der Waals surface area contributed by atoms with E-state index in [0.717, 1.165) is 25.0 Å². The Morgan fingerprint density at radius 2 is 2.00 bits per heavy atom. The van der Waals surface area contributed by atoms with Crippen LogP contribution >= 0.6 is 0 Å². The third kappa shape index (κ3) is 3.59. The van der Waals surface area contributed by atoms with Gasteiger partial charge in [0.15, 0.2) is 11.6 Å². The predicted molar refractivity (Wildman–Crippen MR) is 76.0 cm³/mol. The van der Waals surface area contributed by atoms with Gasteiger partial charge in [-0.1, -0.05) is 6.92 Å². The average Bonchev–Trinajstić information content (AvgIpc) is 3.25. The van der Waals surface area contributed by atoms with Crippen LogP contribution in [0, 0.1) is 17.6 Å². The summed E-state index contributed by atoms with van der Waals surface area (Å²) in [4.78, 5) is -0.614. The Morgan fingerprint density at radius 1 is 1.33 bits per heavy atom. The molecule has 2 N–H and O–H groups in total. The lowest BCUT2D eigenvalue weighted by molar-refractivity contribution is 0.390. The number of hydrogen-bond acceptors (Lipinski definition) is 3. The fourth-order valence-electron chi connectivity index (χ4n) is 2.21. The summed E-state index contributed by atoms with van der Waals surface area (Å²) in [6.45, 7) is 2.47. The van der Waals surface area contributed by atoms with Crippen LogP contribution in [-0.4, -0.2) is 25.8 Å². The number of rotatable bonds is 7. The molecule has 0 amide bonds. The van der Waals surface area contributed by atoms with E-state index in [4.69, 9.17) is 5.73 Å². The van der Waals surface area contributed by atoms with Crippen molar-refractivity contribution in [1.82, 2.24) is 4.31 Å². The third-order valence-electron chi connectivity index (χ3n) is 3.54. The molecule has 0 aromatic heterocycles. The molecular weight excluding hydrogens is 298 g/mol. The minimum atomic E-state index is -4.04. The minimum Gasteiger partial charge on any atom is -0.326 e. The van der Waals surface area contributed by atoms with Gasteiger partial charge in [-0.2, -0.15) is 4.31 Å². The van der Waals surface area contributed by atoms with Gasteiger partial charge in [0.25, 0.3) is 0 Å². The van der Waals surface area contributed by atoms with Gasteiger partial charge in [0, 0.05) is 19.6 Å². The fourth-order valence-corrected chi connectivity index (χ4v) is 3.94. The molecule has 0 spiro atoms. The van der Waals surface area contributed by atoms with Crippen LogP contribution in [0.1, 0.15) is 31.7 Å². The second-order valence-corrected chi connectivity index (χ2v) is 7.31. The van der Waals surface area contributed by atoms with Crippen LogP contribution in [0.5, 0.6) is 0 Å². The summed E-state index contributed by atoms with van der Waals surface area (Å²) < 4.78 is 54.0. The number of nitrogens with two attached hydrogens (primary N) is 1. The lowest BCUT2D eigenvalue weighted by Gasteiger charge is -2.22. The molecule has 1 aromatic carbocycles. The van der Waals surface area contributed by atoms with E-state index in [1.54, 1.807) is 0 Å². The molecule has 2 rings (SSSR count). The van der Waals surface area contributed by atoms with Crippen molar-refractivity contribution in [3.63, 3.8) is 0 Å². The molecule has 0 atom stereocenters. The molecule has 1 aliphatic rings. The van der Waals surface area contributed by atoms with Crippen LogP contribution in [0.25, 0.3) is 0 Å². The van der Waals surface area contributed by atoms with Crippen molar-refractivity contribution in [1.29, 1.82) is 0 Å². The summed E-state index contributed by atoms with van der Waals surface area (Å²) >= 11 is 0. The number of hydrogen-bond donors (Lipinski definition) is 1. The van der Waals surface area contributed by atoms with E-state index in [1.807, 2.05) is 6.92 Å². The lowest BCUT2D eigenvalue weighted by Crippen LogP contribution is -2.34. The molecule has 0 heterocycles. The molecule has 4 nitrogen and oxygen atoms in total. The second kappa shape index (κ2) is 6.37. The molecule has 0 saturated heterocycles. The normalized spacial score (nSPS) is 15.7. The van der Waals surface area contributed by atoms with E-state index in [9.17, 15) is 17.2 Å². The Bertz CT molecular complexity index is 616. The molecule has 1 aliphatic carbocycles. The molecule has 118 valence electrons. The maximum atomic E-state index is 13.9. The fraction of sp³-hybridized carbons (Fsp3) is 0.571. The van der Waals surface area contributed by atoms with Crippen molar-refractivity contribution in [3.05, 3.63) is 29.3 Å². The van der Waals surface area contributed by atoms with Gasteiger partial charge in [0.1, 0.15) is 4.90 Å². The molecule has 1 aromatic rings. The molecule has 0 bridgehead atoms. The summed E-state index contributed by atoms with van der Waals surface area (Å²) in [6, 6.07) is 2.06. The number of halogens is 2. The van der Waals surface area contributed by atoms with Crippen molar-refractivity contribution < 1.29 is 17.2 Å². The van der Waals surface area contributed by atoms with Crippen LogP contribution in [0.4, 0.5) is 8.78 Å². The first-order chi connectivity index (χ1) is 9.90. The maximum Gasteiger partial charge on any atom is 0.246 e. The summed E-state index contributed by atoms with van der Waals surface area (Å²) in [6.07, 6.45) is 2.58. The Labute approximate surface area is 124 Å². The predicted octanol–water partition coefficient (Wildman–Crippen LogP) is 2.23. The lowest BCUT2D eigenvalue weighted by atomic mass is 10.2. The molecule has 0 unspecified atom stereocenters. The first-order valence-corrected chi connectivity index (χ1v) is 8.52. The standard InChI is InChI=1S/C14H20F2N2O2S/c1-2-5-18(9-10-3-4-10)21(19,20)13-7-11(8-17)6-12(15)14(13)16/h6-7,10H,2-5,8-9,17H2,1H3. The number of nitrogens with zero attached hydrogens (tertiary/aromatic N) is 1. The zero-order chi connectivity index (χ0) is 15.6. The summed E-state index contributed by atoms with van der Waals surface area (Å²) in [7, 11) is -4.04. The minimum absolute atomic E-state index is 0.0455. The Balaban J connectivity index is 2.42. The highest BCUT2D eigenvalue weighted by atomic mass is 32.2. The Hall–Kier alpha value is -1.05. The van der Waals surface area contributed by atoms with E-state index in [-0.39, 0.29) is 12.1 Å². The number of sulfonamides is 1. The zero-order valence-corrected chi connectivity index (χ0v) is 12.8. The van der Waals surface area contributed by atoms with Crippen LogP contribution in [0.2, 0.25) is 0 Å². The van der Waals surface area contributed by atoms with E-state index in [2.05, 4.69) is 0 Å². The summed E-state index contributed by atoms with van der Waals surface area (Å²) in [5.41, 5.74) is 5.67. The highest BCUT2D eigenvalue weighted by Gasteiger charge is 2.33. The highest BCUT2D eigenvalue weighted by Crippen LogP contribution is 2.32. The quantitative estimate of drug-likeness (QED) is 0.838. The third-order valence-corrected chi connectivity index (χ3v) is 5.40. The monoisotopic (exact) mass is 318 g/mol. The molecule has 7 heteroatoms. The van der Waals surface area contributed by atoms with Gasteiger partial charge in [0.2, 0.25) is 10.0 Å². The molecule has 21 heavy (non-hydrogen) atoms. The maximum absolute atomic E-state index is 13.9. The van der Waals surface area contributed by atoms with Crippen LogP contribution in [0.15, 0.2) is 17.0 Å². The largest absolute Gasteiger partial charge is 0.326 e. The van der Waals surface area contributed by atoms with Gasteiger partial charge in [-0.15, -0.1) is 0 Å². The van der Waals surface area contributed by atoms with Gasteiger partial charge in [-0.25, -0.2) is 17.2 Å². The molecule has 0 aliphatic heterocycles. The van der Waals surface area contributed by atoms with Gasteiger partial charge in [-0.3, -0.25) is 0 Å². The Kier molecular flexibility index (Phi) is 4.95. The summed E-state index contributed by atoms with van der Waals surface area (Å²) in [5, 5.41) is 0. The van der Waals surface area contributed by atoms with Gasteiger partial charge >= 0.3 is 0 Å². The van der Waals surface area contributed by atoms with Gasteiger partial charge in [-0.05, 0) is 42.9 Å². The van der Waals surface area contributed by atoms with E-state index < -0.39 is 26.6 Å². The molecule has 0 radical (unpaired) electrons. The van der Waals surface area contributed by atoms with Crippen molar-refractivity contribution >= 4 is 10.0 Å². The van der Waals surface area contributed by atoms with E-state index in [1.165, 1.54) is 4.31 Å². The van der Waals surface area contributed by atoms with E-state index >= 15 is 0 Å². The first-order valence-electron chi connectivity index (χ1n) is 7.08. The van der Waals surface area contributed by atoms with Crippen LogP contribution < -0.4 is 5.73 Å². The smallest absolute Gasteiger partial charge is 0.246 e. The highest BCUT2D eigenvalue weighted by molar-refractivity contribution is 7.89. The molecular formula is C14H20F2N2O2S. The van der Waals surface area contributed by atoms with E-state index in [0.29, 0.717) is 25.4 Å². The Morgan fingerprint density at radius 3 is 2.52 bits per heavy atom. The van der Waals surface area contributed by atoms with Crippen molar-refractivity contribution in [2.45, 2.75) is 37.6 Å². The van der Waals surface area contributed by atoms with Crippen molar-refractivity contribution in [3.8, 4) is 0 Å². The summed E-state index contributed by atoms with van der Waals surface area (Å²) in [5.74, 6) is -2.18.